The predicted octanol–water partition coefficient (Wildman–Crippen LogP) is 21.7. The lowest BCUT2D eigenvalue weighted by Gasteiger charge is -2.21. The second-order valence-electron chi connectivity index (χ2n) is 28.5. The summed E-state index contributed by atoms with van der Waals surface area (Å²) in [5.74, 6) is 0.902. The van der Waals surface area contributed by atoms with Crippen LogP contribution in [0.4, 0.5) is 0 Å². The Morgan fingerprint density at radius 3 is 0.755 bits per heavy atom. The van der Waals surface area contributed by atoms with E-state index in [4.69, 9.17) is 37.0 Å². The van der Waals surface area contributed by atoms with Crippen LogP contribution >= 0.6 is 15.6 Å². The van der Waals surface area contributed by atoms with Crippen LogP contribution in [0.15, 0.2) is 0 Å². The van der Waals surface area contributed by atoms with Crippen molar-refractivity contribution >= 4 is 39.5 Å². The third-order valence-corrected chi connectivity index (χ3v) is 19.9. The molecule has 558 valence electrons. The molecule has 0 aromatic heterocycles. The van der Waals surface area contributed by atoms with Gasteiger partial charge in [0.2, 0.25) is 0 Å². The smallest absolute Gasteiger partial charge is 0.462 e. The van der Waals surface area contributed by atoms with Crippen molar-refractivity contribution in [1.82, 2.24) is 0 Å². The number of aliphatic hydroxyl groups excluding tert-OH is 1. The fourth-order valence-corrected chi connectivity index (χ4v) is 12.9. The van der Waals surface area contributed by atoms with Gasteiger partial charge < -0.3 is 33.8 Å². The molecule has 0 amide bonds. The monoisotopic (exact) mass is 1380 g/mol. The number of carbonyl (C=O) groups is 4. The Bertz CT molecular complexity index is 1850. The lowest BCUT2D eigenvalue weighted by atomic mass is 9.99. The molecular weight excluding hydrogens is 1230 g/mol. The molecule has 3 N–H and O–H groups in total. The standard InChI is InChI=1S/C75H146O17P2/c1-9-67(7)53-45-37-28-24-21-22-25-29-39-47-55-72(77)85-61-70(91-74(79)57-49-41-30-26-20-18-16-14-12-11-13-15-17-19-23-27-35-43-51-65(3)4)63-89-93(81,82)87-59-69(76)60-88-94(83,84)90-64-71(62-86-73(78)56-48-40-33-31-36-44-52-66(5)6)92-75(80)58-50-42-34-32-38-46-54-68(8)10-2/h65-71,76H,9-64H2,1-8H3,(H,81,82)(H,83,84)/t67?,68?,69-,70-,71-/m1/s1. The SMILES string of the molecule is CCC(C)CCCCCCCCCCCCC(=O)OC[C@H](COP(=O)(O)OC[C@@H](O)COP(=O)(O)OC[C@@H](COC(=O)CCCCCCCCC(C)C)OC(=O)CCCCCCCCC(C)CC)OC(=O)CCCCCCCCCCCCCCCCCCCCC(C)C. The van der Waals surface area contributed by atoms with E-state index in [0.717, 1.165) is 114 Å². The van der Waals surface area contributed by atoms with Crippen LogP contribution in [0.3, 0.4) is 0 Å². The van der Waals surface area contributed by atoms with Crippen LogP contribution in [0, 0.1) is 23.7 Å². The van der Waals surface area contributed by atoms with Gasteiger partial charge in [0.1, 0.15) is 19.3 Å². The van der Waals surface area contributed by atoms with E-state index in [1.54, 1.807) is 0 Å². The molecule has 0 saturated heterocycles. The summed E-state index contributed by atoms with van der Waals surface area (Å²) < 4.78 is 68.4. The molecule has 0 fully saturated rings. The van der Waals surface area contributed by atoms with Crippen molar-refractivity contribution in [2.75, 3.05) is 39.6 Å². The largest absolute Gasteiger partial charge is 0.472 e. The van der Waals surface area contributed by atoms with E-state index in [0.29, 0.717) is 31.6 Å². The third-order valence-electron chi connectivity index (χ3n) is 18.0. The molecule has 19 heteroatoms. The molecule has 0 saturated carbocycles. The first-order valence-electron chi connectivity index (χ1n) is 38.8. The van der Waals surface area contributed by atoms with Crippen LogP contribution in [0.5, 0.6) is 0 Å². The van der Waals surface area contributed by atoms with E-state index in [-0.39, 0.29) is 25.7 Å². The van der Waals surface area contributed by atoms with Crippen LogP contribution in [-0.4, -0.2) is 96.7 Å². The summed E-state index contributed by atoms with van der Waals surface area (Å²) in [6.07, 6.45) is 48.9. The third kappa shape index (κ3) is 66.0. The fourth-order valence-electron chi connectivity index (χ4n) is 11.3. The summed E-state index contributed by atoms with van der Waals surface area (Å²) in [4.78, 5) is 72.7. The van der Waals surface area contributed by atoms with Crippen molar-refractivity contribution in [3.63, 3.8) is 0 Å². The van der Waals surface area contributed by atoms with Gasteiger partial charge in [-0.05, 0) is 49.4 Å². The van der Waals surface area contributed by atoms with Gasteiger partial charge in [0.15, 0.2) is 12.2 Å². The average molecular weight is 1380 g/mol. The predicted molar refractivity (Wildman–Crippen MR) is 381 cm³/mol. The number of hydrogen-bond donors (Lipinski definition) is 3. The molecule has 94 heavy (non-hydrogen) atoms. The molecule has 0 radical (unpaired) electrons. The number of ether oxygens (including phenoxy) is 4. The van der Waals surface area contributed by atoms with Crippen molar-refractivity contribution in [2.45, 2.75) is 395 Å². The summed E-state index contributed by atoms with van der Waals surface area (Å²) in [5.41, 5.74) is 0. The number of rotatable bonds is 72. The van der Waals surface area contributed by atoms with Gasteiger partial charge in [0.05, 0.1) is 26.4 Å². The first-order chi connectivity index (χ1) is 45.2. The Morgan fingerprint density at radius 2 is 0.511 bits per heavy atom. The van der Waals surface area contributed by atoms with Crippen LogP contribution in [-0.2, 0) is 65.4 Å². The summed E-state index contributed by atoms with van der Waals surface area (Å²) in [6.45, 7) is 14.1. The highest BCUT2D eigenvalue weighted by Crippen LogP contribution is 2.45. The average Bonchev–Trinajstić information content (AvgIpc) is 1.90. The zero-order valence-corrected chi connectivity index (χ0v) is 63.4. The summed E-state index contributed by atoms with van der Waals surface area (Å²) in [7, 11) is -9.91. The number of esters is 4. The second kappa shape index (κ2) is 64.4. The zero-order valence-electron chi connectivity index (χ0n) is 61.6. The highest BCUT2D eigenvalue weighted by molar-refractivity contribution is 7.47. The second-order valence-corrected chi connectivity index (χ2v) is 31.4. The van der Waals surface area contributed by atoms with Crippen molar-refractivity contribution in [3.8, 4) is 0 Å². The molecule has 0 aromatic rings. The van der Waals surface area contributed by atoms with E-state index < -0.39 is 97.5 Å². The van der Waals surface area contributed by atoms with Gasteiger partial charge in [-0.3, -0.25) is 37.3 Å². The number of hydrogen-bond acceptors (Lipinski definition) is 15. The first-order valence-corrected chi connectivity index (χ1v) is 41.8. The number of phosphoric acid groups is 2. The van der Waals surface area contributed by atoms with E-state index in [9.17, 15) is 43.2 Å². The highest BCUT2D eigenvalue weighted by Gasteiger charge is 2.30. The van der Waals surface area contributed by atoms with E-state index in [2.05, 4.69) is 55.4 Å². The van der Waals surface area contributed by atoms with Gasteiger partial charge in [-0.1, -0.05) is 325 Å². The van der Waals surface area contributed by atoms with Gasteiger partial charge >= 0.3 is 39.5 Å². The number of aliphatic hydroxyl groups is 1. The Hall–Kier alpha value is -1.94. The molecule has 7 atom stereocenters. The summed E-state index contributed by atoms with van der Waals surface area (Å²) in [6, 6.07) is 0. The van der Waals surface area contributed by atoms with Gasteiger partial charge in [-0.2, -0.15) is 0 Å². The quantitative estimate of drug-likeness (QED) is 0.0222. The molecule has 0 spiro atoms. The summed E-state index contributed by atoms with van der Waals surface area (Å²) >= 11 is 0. The lowest BCUT2D eigenvalue weighted by molar-refractivity contribution is -0.161. The molecule has 0 aliphatic carbocycles. The van der Waals surface area contributed by atoms with Gasteiger partial charge in [-0.15, -0.1) is 0 Å². The van der Waals surface area contributed by atoms with Crippen LogP contribution in [0.2, 0.25) is 0 Å². The molecule has 0 heterocycles. The Labute approximate surface area is 575 Å². The maximum atomic E-state index is 13.1. The molecule has 0 rings (SSSR count). The van der Waals surface area contributed by atoms with E-state index in [1.807, 2.05) is 0 Å². The first kappa shape index (κ1) is 92.1. The van der Waals surface area contributed by atoms with Crippen LogP contribution in [0.25, 0.3) is 0 Å². The maximum absolute atomic E-state index is 13.1. The number of carbonyl (C=O) groups excluding carboxylic acids is 4. The van der Waals surface area contributed by atoms with Crippen molar-refractivity contribution < 1.29 is 80.2 Å². The van der Waals surface area contributed by atoms with Gasteiger partial charge in [0, 0.05) is 25.7 Å². The van der Waals surface area contributed by atoms with Crippen molar-refractivity contribution in [2.24, 2.45) is 23.7 Å². The normalized spacial score (nSPS) is 14.7. The lowest BCUT2D eigenvalue weighted by Crippen LogP contribution is -2.30. The minimum absolute atomic E-state index is 0.102. The number of phosphoric ester groups is 2. The molecule has 0 aliphatic heterocycles. The van der Waals surface area contributed by atoms with E-state index in [1.165, 1.54) is 173 Å². The zero-order chi connectivity index (χ0) is 69.6. The molecule has 0 bridgehead atoms. The van der Waals surface area contributed by atoms with Crippen LogP contribution < -0.4 is 0 Å². The molecule has 17 nitrogen and oxygen atoms in total. The van der Waals surface area contributed by atoms with Gasteiger partial charge in [-0.25, -0.2) is 9.13 Å². The number of unbranched alkanes of at least 4 members (excludes halogenated alkanes) is 36. The van der Waals surface area contributed by atoms with E-state index >= 15 is 0 Å². The minimum Gasteiger partial charge on any atom is -0.462 e. The minimum atomic E-state index is -4.96. The molecule has 0 aromatic carbocycles. The summed E-state index contributed by atoms with van der Waals surface area (Å²) in [5, 5.41) is 10.6. The molecule has 4 unspecified atom stereocenters. The fraction of sp³-hybridized carbons (Fsp3) is 0.947. The topological polar surface area (TPSA) is 237 Å². The Balaban J connectivity index is 5.20. The maximum Gasteiger partial charge on any atom is 0.472 e. The van der Waals surface area contributed by atoms with Crippen LogP contribution in [0.1, 0.15) is 376 Å². The molecular formula is C75H146O17P2. The highest BCUT2D eigenvalue weighted by atomic mass is 31.2. The van der Waals surface area contributed by atoms with Gasteiger partial charge in [0.25, 0.3) is 0 Å². The Morgan fingerprint density at radius 1 is 0.298 bits per heavy atom. The molecule has 0 aliphatic rings. The van der Waals surface area contributed by atoms with Crippen molar-refractivity contribution in [1.29, 1.82) is 0 Å². The Kier molecular flexibility index (Phi) is 63.1. The van der Waals surface area contributed by atoms with Crippen molar-refractivity contribution in [3.05, 3.63) is 0 Å².